The van der Waals surface area contributed by atoms with Crippen LogP contribution in [0.3, 0.4) is 0 Å². The number of anilines is 1. The highest BCUT2D eigenvalue weighted by atomic mass is 16.3. The summed E-state index contributed by atoms with van der Waals surface area (Å²) in [5.41, 5.74) is 1.38. The minimum atomic E-state index is 0.158. The summed E-state index contributed by atoms with van der Waals surface area (Å²) in [4.78, 5) is 15.1. The molecule has 0 fully saturated rings. The minimum Gasteiger partial charge on any atom is -0.507 e. The van der Waals surface area contributed by atoms with Gasteiger partial charge in [0.15, 0.2) is 18.0 Å². The lowest BCUT2D eigenvalue weighted by molar-refractivity contribution is 0.477. The highest BCUT2D eigenvalue weighted by Crippen LogP contribution is 2.32. The van der Waals surface area contributed by atoms with E-state index in [1.807, 2.05) is 6.07 Å². The van der Waals surface area contributed by atoms with Gasteiger partial charge in [0.2, 0.25) is 0 Å². The van der Waals surface area contributed by atoms with Gasteiger partial charge in [0.05, 0.1) is 17.3 Å². The number of phenols is 1. The second kappa shape index (κ2) is 6.48. The van der Waals surface area contributed by atoms with Gasteiger partial charge < -0.3 is 14.4 Å². The third kappa shape index (κ3) is 2.88. The monoisotopic (exact) mass is 310 g/mol. The molecule has 0 aliphatic heterocycles. The molecule has 0 unspecified atom stereocenters. The standard InChI is InChI=1S/C17H18N4O2/c1-3-21(4-2)17-13(15-10-18-11-23-15)9-19-16(20-17)12-7-5-6-8-14(12)22/h5-11,22H,3-4H2,1-2H3. The lowest BCUT2D eigenvalue weighted by atomic mass is 10.1. The van der Waals surface area contributed by atoms with Gasteiger partial charge in [0.25, 0.3) is 0 Å². The summed E-state index contributed by atoms with van der Waals surface area (Å²) in [5, 5.41) is 10.0. The molecule has 3 aromatic rings. The Hall–Kier alpha value is -2.89. The molecule has 1 N–H and O–H groups in total. The largest absolute Gasteiger partial charge is 0.507 e. The lowest BCUT2D eigenvalue weighted by Gasteiger charge is -2.22. The summed E-state index contributed by atoms with van der Waals surface area (Å²) in [5.74, 6) is 2.02. The van der Waals surface area contributed by atoms with Crippen molar-refractivity contribution in [2.24, 2.45) is 0 Å². The van der Waals surface area contributed by atoms with Gasteiger partial charge in [-0.25, -0.2) is 15.0 Å². The number of hydrogen-bond acceptors (Lipinski definition) is 6. The van der Waals surface area contributed by atoms with E-state index in [1.54, 1.807) is 30.6 Å². The van der Waals surface area contributed by atoms with Crippen LogP contribution in [0, 0.1) is 0 Å². The maximum atomic E-state index is 10.0. The van der Waals surface area contributed by atoms with Crippen molar-refractivity contribution in [2.45, 2.75) is 13.8 Å². The molecule has 0 aliphatic carbocycles. The summed E-state index contributed by atoms with van der Waals surface area (Å²) in [7, 11) is 0. The topological polar surface area (TPSA) is 75.3 Å². The summed E-state index contributed by atoms with van der Waals surface area (Å²) in [6.07, 6.45) is 4.74. The van der Waals surface area contributed by atoms with Gasteiger partial charge in [-0.15, -0.1) is 0 Å². The van der Waals surface area contributed by atoms with E-state index in [0.29, 0.717) is 17.1 Å². The number of rotatable bonds is 5. The minimum absolute atomic E-state index is 0.158. The SMILES string of the molecule is CCN(CC)c1nc(-c2ccccc2O)ncc1-c1cnco1. The maximum absolute atomic E-state index is 10.0. The van der Waals surface area contributed by atoms with Crippen LogP contribution >= 0.6 is 0 Å². The average molecular weight is 310 g/mol. The first-order valence-electron chi connectivity index (χ1n) is 7.53. The van der Waals surface area contributed by atoms with Gasteiger partial charge >= 0.3 is 0 Å². The molecular formula is C17H18N4O2. The van der Waals surface area contributed by atoms with Gasteiger partial charge in [-0.1, -0.05) is 12.1 Å². The van der Waals surface area contributed by atoms with Crippen LogP contribution in [-0.4, -0.2) is 33.1 Å². The summed E-state index contributed by atoms with van der Waals surface area (Å²) in [6, 6.07) is 7.04. The third-order valence-corrected chi connectivity index (χ3v) is 3.67. The predicted octanol–water partition coefficient (Wildman–Crippen LogP) is 3.35. The number of hydrogen-bond donors (Lipinski definition) is 1. The second-order valence-electron chi connectivity index (χ2n) is 4.99. The maximum Gasteiger partial charge on any atom is 0.181 e. The zero-order valence-corrected chi connectivity index (χ0v) is 13.1. The van der Waals surface area contributed by atoms with E-state index in [0.717, 1.165) is 24.5 Å². The molecule has 2 heterocycles. The van der Waals surface area contributed by atoms with Crippen molar-refractivity contribution in [3.05, 3.63) is 43.1 Å². The molecular weight excluding hydrogens is 292 g/mol. The van der Waals surface area contributed by atoms with E-state index in [4.69, 9.17) is 4.42 Å². The second-order valence-corrected chi connectivity index (χ2v) is 4.99. The Morgan fingerprint density at radius 2 is 1.87 bits per heavy atom. The number of benzene rings is 1. The first-order valence-corrected chi connectivity index (χ1v) is 7.53. The molecule has 0 aliphatic rings. The Bertz CT molecular complexity index is 783. The molecule has 1 aromatic carbocycles. The Labute approximate surface area is 134 Å². The van der Waals surface area contributed by atoms with Gasteiger partial charge in [-0.05, 0) is 26.0 Å². The molecule has 0 atom stereocenters. The fraction of sp³-hybridized carbons (Fsp3) is 0.235. The molecule has 2 aromatic heterocycles. The molecule has 6 nitrogen and oxygen atoms in total. The number of phenolic OH excluding ortho intramolecular Hbond substituents is 1. The molecule has 0 bridgehead atoms. The average Bonchev–Trinajstić information content (AvgIpc) is 3.11. The third-order valence-electron chi connectivity index (χ3n) is 3.67. The fourth-order valence-electron chi connectivity index (χ4n) is 2.45. The van der Waals surface area contributed by atoms with Gasteiger partial charge in [-0.2, -0.15) is 0 Å². The van der Waals surface area contributed by atoms with Gasteiger partial charge in [0.1, 0.15) is 11.6 Å². The first kappa shape index (κ1) is 15.0. The van der Waals surface area contributed by atoms with E-state index in [1.165, 1.54) is 6.39 Å². The van der Waals surface area contributed by atoms with Crippen molar-refractivity contribution >= 4 is 5.82 Å². The van der Waals surface area contributed by atoms with E-state index in [2.05, 4.69) is 33.7 Å². The summed E-state index contributed by atoms with van der Waals surface area (Å²) in [6.45, 7) is 5.73. The van der Waals surface area contributed by atoms with E-state index in [-0.39, 0.29) is 5.75 Å². The number of nitrogens with zero attached hydrogens (tertiary/aromatic N) is 4. The number of oxazole rings is 1. The van der Waals surface area contributed by atoms with Crippen molar-refractivity contribution in [3.8, 4) is 28.5 Å². The lowest BCUT2D eigenvalue weighted by Crippen LogP contribution is -2.24. The Balaban J connectivity index is 2.15. The zero-order chi connectivity index (χ0) is 16.2. The molecule has 0 saturated carbocycles. The van der Waals surface area contributed by atoms with Gasteiger partial charge in [-0.3, -0.25) is 0 Å². The molecule has 6 heteroatoms. The smallest absolute Gasteiger partial charge is 0.181 e. The van der Waals surface area contributed by atoms with E-state index in [9.17, 15) is 5.11 Å². The summed E-state index contributed by atoms with van der Waals surface area (Å²) < 4.78 is 5.40. The van der Waals surface area contributed by atoms with Crippen LogP contribution in [0.2, 0.25) is 0 Å². The van der Waals surface area contributed by atoms with Gasteiger partial charge in [0, 0.05) is 19.3 Å². The molecule has 118 valence electrons. The van der Waals surface area contributed by atoms with Crippen molar-refractivity contribution in [3.63, 3.8) is 0 Å². The van der Waals surface area contributed by atoms with Crippen LogP contribution in [0.1, 0.15) is 13.8 Å². The van der Waals surface area contributed by atoms with Crippen molar-refractivity contribution in [1.82, 2.24) is 15.0 Å². The highest BCUT2D eigenvalue weighted by molar-refractivity contribution is 5.74. The highest BCUT2D eigenvalue weighted by Gasteiger charge is 2.18. The Kier molecular flexibility index (Phi) is 4.23. The Morgan fingerprint density at radius 1 is 1.09 bits per heavy atom. The van der Waals surface area contributed by atoms with Crippen LogP contribution in [0.25, 0.3) is 22.7 Å². The molecule has 23 heavy (non-hydrogen) atoms. The van der Waals surface area contributed by atoms with Crippen molar-refractivity contribution in [1.29, 1.82) is 0 Å². The number of para-hydroxylation sites is 1. The number of aromatic nitrogens is 3. The zero-order valence-electron chi connectivity index (χ0n) is 13.1. The van der Waals surface area contributed by atoms with Crippen LogP contribution in [-0.2, 0) is 0 Å². The fourth-order valence-corrected chi connectivity index (χ4v) is 2.45. The molecule has 0 spiro atoms. The quantitative estimate of drug-likeness (QED) is 0.779. The number of aromatic hydroxyl groups is 1. The summed E-state index contributed by atoms with van der Waals surface area (Å²) >= 11 is 0. The first-order chi connectivity index (χ1) is 11.2. The van der Waals surface area contributed by atoms with Crippen LogP contribution in [0.4, 0.5) is 5.82 Å². The molecule has 3 rings (SSSR count). The van der Waals surface area contributed by atoms with Crippen LogP contribution < -0.4 is 4.90 Å². The predicted molar refractivity (Wildman–Crippen MR) is 88.2 cm³/mol. The van der Waals surface area contributed by atoms with E-state index >= 15 is 0 Å². The normalized spacial score (nSPS) is 10.7. The van der Waals surface area contributed by atoms with E-state index < -0.39 is 0 Å². The van der Waals surface area contributed by atoms with Crippen LogP contribution in [0.5, 0.6) is 5.75 Å². The molecule has 0 amide bonds. The molecule has 0 radical (unpaired) electrons. The van der Waals surface area contributed by atoms with Crippen molar-refractivity contribution < 1.29 is 9.52 Å². The van der Waals surface area contributed by atoms with Crippen LogP contribution in [0.15, 0.2) is 47.5 Å². The van der Waals surface area contributed by atoms with Crippen molar-refractivity contribution in [2.75, 3.05) is 18.0 Å². The Morgan fingerprint density at radius 3 is 2.52 bits per heavy atom. The molecule has 0 saturated heterocycles.